The molecule has 1 saturated heterocycles. The summed E-state index contributed by atoms with van der Waals surface area (Å²) in [5, 5.41) is 0. The molecular formula is C16H31N3O2. The van der Waals surface area contributed by atoms with E-state index in [0.29, 0.717) is 0 Å². The molecule has 0 aromatic heterocycles. The first-order valence-electron chi connectivity index (χ1n) is 8.22. The van der Waals surface area contributed by atoms with Gasteiger partial charge in [-0.25, -0.2) is 5.84 Å². The van der Waals surface area contributed by atoms with Crippen LogP contribution < -0.4 is 11.3 Å². The molecule has 0 aromatic carbocycles. The fourth-order valence-corrected chi connectivity index (χ4v) is 2.91. The van der Waals surface area contributed by atoms with Crippen LogP contribution in [0.3, 0.4) is 0 Å². The summed E-state index contributed by atoms with van der Waals surface area (Å²) in [5.74, 6) is 6.08. The molecule has 0 aliphatic carbocycles. The monoisotopic (exact) mass is 297 g/mol. The largest absolute Gasteiger partial charge is 0.343 e. The van der Waals surface area contributed by atoms with Gasteiger partial charge in [-0.1, -0.05) is 40.0 Å². The maximum Gasteiger partial charge on any atom is 0.237 e. The number of hydrogen-bond acceptors (Lipinski definition) is 3. The van der Waals surface area contributed by atoms with E-state index in [2.05, 4.69) is 19.3 Å². The zero-order chi connectivity index (χ0) is 15.8. The molecule has 0 radical (unpaired) electrons. The van der Waals surface area contributed by atoms with Crippen molar-refractivity contribution in [3.8, 4) is 0 Å². The highest BCUT2D eigenvalue weighted by Gasteiger charge is 2.25. The van der Waals surface area contributed by atoms with E-state index < -0.39 is 0 Å². The van der Waals surface area contributed by atoms with Gasteiger partial charge in [0.15, 0.2) is 0 Å². The smallest absolute Gasteiger partial charge is 0.237 e. The van der Waals surface area contributed by atoms with Crippen molar-refractivity contribution >= 4 is 11.8 Å². The van der Waals surface area contributed by atoms with Crippen molar-refractivity contribution in [2.75, 3.05) is 13.1 Å². The van der Waals surface area contributed by atoms with E-state index in [9.17, 15) is 9.59 Å². The third-order valence-electron chi connectivity index (χ3n) is 4.43. The Morgan fingerprint density at radius 3 is 2.38 bits per heavy atom. The molecule has 0 bridgehead atoms. The number of likely N-dealkylation sites (tertiary alicyclic amines) is 1. The van der Waals surface area contributed by atoms with Crippen LogP contribution in [-0.4, -0.2) is 29.8 Å². The van der Waals surface area contributed by atoms with E-state index in [-0.39, 0.29) is 24.2 Å². The van der Waals surface area contributed by atoms with Gasteiger partial charge in [0.05, 0.1) is 0 Å². The van der Waals surface area contributed by atoms with E-state index in [4.69, 9.17) is 5.84 Å². The number of hydrogen-bond donors (Lipinski definition) is 2. The van der Waals surface area contributed by atoms with Gasteiger partial charge in [0.1, 0.15) is 0 Å². The highest BCUT2D eigenvalue weighted by Crippen LogP contribution is 2.24. The minimum absolute atomic E-state index is 0.0757. The Kier molecular flexibility index (Phi) is 7.72. The number of amides is 2. The van der Waals surface area contributed by atoms with Gasteiger partial charge in [0.25, 0.3) is 0 Å². The van der Waals surface area contributed by atoms with Crippen LogP contribution in [0.4, 0.5) is 0 Å². The highest BCUT2D eigenvalue weighted by atomic mass is 16.2. The summed E-state index contributed by atoms with van der Waals surface area (Å²) in [6.45, 7) is 7.93. The highest BCUT2D eigenvalue weighted by molar-refractivity contribution is 5.85. The molecule has 1 heterocycles. The molecule has 0 saturated carbocycles. The number of carbonyl (C=O) groups excluding carboxylic acids is 2. The fourth-order valence-electron chi connectivity index (χ4n) is 2.91. The average Bonchev–Trinajstić information content (AvgIpc) is 2.46. The first-order chi connectivity index (χ1) is 9.93. The predicted molar refractivity (Wildman–Crippen MR) is 84.1 cm³/mol. The zero-order valence-corrected chi connectivity index (χ0v) is 13.7. The number of nitrogens with zero attached hydrogens (tertiary/aromatic N) is 1. The lowest BCUT2D eigenvalue weighted by molar-refractivity contribution is -0.137. The summed E-state index contributed by atoms with van der Waals surface area (Å²) in [4.78, 5) is 25.4. The number of hydrazine groups is 1. The van der Waals surface area contributed by atoms with Crippen LogP contribution in [0.2, 0.25) is 0 Å². The van der Waals surface area contributed by atoms with Crippen molar-refractivity contribution in [2.24, 2.45) is 23.6 Å². The minimum Gasteiger partial charge on any atom is -0.343 e. The van der Waals surface area contributed by atoms with Crippen LogP contribution in [0.1, 0.15) is 59.3 Å². The lowest BCUT2D eigenvalue weighted by Crippen LogP contribution is -2.41. The number of carbonyl (C=O) groups is 2. The van der Waals surface area contributed by atoms with Gasteiger partial charge in [-0.2, -0.15) is 0 Å². The molecule has 2 amide bonds. The Morgan fingerprint density at radius 2 is 1.86 bits per heavy atom. The SMILES string of the molecule is CC(C)CCCC1CCN(C(=O)CC(C)C(=O)NN)CC1. The normalized spacial score (nSPS) is 17.9. The molecular weight excluding hydrogens is 266 g/mol. The Balaban J connectivity index is 2.25. The molecule has 1 fully saturated rings. The molecule has 0 spiro atoms. The van der Waals surface area contributed by atoms with E-state index in [1.807, 2.05) is 4.90 Å². The predicted octanol–water partition coefficient (Wildman–Crippen LogP) is 2.07. The van der Waals surface area contributed by atoms with Gasteiger partial charge in [-0.3, -0.25) is 15.0 Å². The molecule has 21 heavy (non-hydrogen) atoms. The lowest BCUT2D eigenvalue weighted by atomic mass is 9.90. The third-order valence-corrected chi connectivity index (χ3v) is 4.43. The molecule has 1 unspecified atom stereocenters. The fraction of sp³-hybridized carbons (Fsp3) is 0.875. The standard InChI is InChI=1S/C16H31N3O2/c1-12(2)5-4-6-14-7-9-19(10-8-14)15(20)11-13(3)16(21)18-17/h12-14H,4-11,17H2,1-3H3,(H,18,21). The van der Waals surface area contributed by atoms with Crippen molar-refractivity contribution in [3.63, 3.8) is 0 Å². The van der Waals surface area contributed by atoms with Gasteiger partial charge in [-0.05, 0) is 24.7 Å². The summed E-state index contributed by atoms with van der Waals surface area (Å²) in [6, 6.07) is 0. The van der Waals surface area contributed by atoms with Crippen molar-refractivity contribution in [2.45, 2.75) is 59.3 Å². The van der Waals surface area contributed by atoms with Gasteiger partial charge >= 0.3 is 0 Å². The summed E-state index contributed by atoms with van der Waals surface area (Å²) in [7, 11) is 0. The van der Waals surface area contributed by atoms with Crippen LogP contribution in [0.25, 0.3) is 0 Å². The third kappa shape index (κ3) is 6.46. The van der Waals surface area contributed by atoms with E-state index in [0.717, 1.165) is 37.8 Å². The molecule has 1 aliphatic heterocycles. The Hall–Kier alpha value is -1.10. The van der Waals surface area contributed by atoms with Gasteiger partial charge < -0.3 is 4.90 Å². The van der Waals surface area contributed by atoms with Gasteiger partial charge in [-0.15, -0.1) is 0 Å². The first kappa shape index (κ1) is 18.0. The molecule has 5 heteroatoms. The van der Waals surface area contributed by atoms with Gasteiger partial charge in [0.2, 0.25) is 11.8 Å². The van der Waals surface area contributed by atoms with Crippen molar-refractivity contribution in [3.05, 3.63) is 0 Å². The number of nitrogens with two attached hydrogens (primary N) is 1. The summed E-state index contributed by atoms with van der Waals surface area (Å²) in [6.07, 6.45) is 6.32. The second-order valence-corrected chi connectivity index (χ2v) is 6.76. The Labute approximate surface area is 128 Å². The molecule has 1 rings (SSSR count). The topological polar surface area (TPSA) is 75.4 Å². The second-order valence-electron chi connectivity index (χ2n) is 6.76. The Morgan fingerprint density at radius 1 is 1.24 bits per heavy atom. The van der Waals surface area contributed by atoms with Crippen LogP contribution in [0.5, 0.6) is 0 Å². The van der Waals surface area contributed by atoms with Crippen LogP contribution in [0.15, 0.2) is 0 Å². The number of piperidine rings is 1. The van der Waals surface area contributed by atoms with Crippen LogP contribution >= 0.6 is 0 Å². The molecule has 0 aromatic rings. The first-order valence-corrected chi connectivity index (χ1v) is 8.22. The molecule has 1 aliphatic rings. The van der Waals surface area contributed by atoms with E-state index in [1.54, 1.807) is 6.92 Å². The van der Waals surface area contributed by atoms with Crippen LogP contribution in [0, 0.1) is 17.8 Å². The minimum atomic E-state index is -0.355. The molecule has 5 nitrogen and oxygen atoms in total. The van der Waals surface area contributed by atoms with E-state index >= 15 is 0 Å². The van der Waals surface area contributed by atoms with Crippen LogP contribution in [-0.2, 0) is 9.59 Å². The molecule has 3 N–H and O–H groups in total. The molecule has 122 valence electrons. The zero-order valence-electron chi connectivity index (χ0n) is 13.7. The van der Waals surface area contributed by atoms with Crippen molar-refractivity contribution in [1.82, 2.24) is 10.3 Å². The number of rotatable bonds is 7. The second kappa shape index (κ2) is 9.03. The number of nitrogens with one attached hydrogen (secondary N) is 1. The van der Waals surface area contributed by atoms with E-state index in [1.165, 1.54) is 19.3 Å². The molecule has 1 atom stereocenters. The lowest BCUT2D eigenvalue weighted by Gasteiger charge is -2.32. The summed E-state index contributed by atoms with van der Waals surface area (Å²) >= 11 is 0. The van der Waals surface area contributed by atoms with Gasteiger partial charge in [0, 0.05) is 25.4 Å². The van der Waals surface area contributed by atoms with Crippen molar-refractivity contribution in [1.29, 1.82) is 0 Å². The summed E-state index contributed by atoms with van der Waals surface area (Å²) in [5.41, 5.74) is 2.10. The Bertz CT molecular complexity index is 336. The maximum absolute atomic E-state index is 12.1. The summed E-state index contributed by atoms with van der Waals surface area (Å²) < 4.78 is 0. The average molecular weight is 297 g/mol. The quantitative estimate of drug-likeness (QED) is 0.429. The maximum atomic E-state index is 12.1. The van der Waals surface area contributed by atoms with Crippen molar-refractivity contribution < 1.29 is 9.59 Å².